The summed E-state index contributed by atoms with van der Waals surface area (Å²) < 4.78 is 7.09. The Labute approximate surface area is 218 Å². The molecule has 2 aromatic carbocycles. The molecule has 0 radical (unpaired) electrons. The van der Waals surface area contributed by atoms with Crippen molar-refractivity contribution in [2.45, 2.75) is 31.8 Å². The maximum atomic E-state index is 5.35. The summed E-state index contributed by atoms with van der Waals surface area (Å²) >= 11 is 0. The molecule has 1 atom stereocenters. The molecule has 0 amide bonds. The predicted molar refractivity (Wildman–Crippen MR) is 146 cm³/mol. The molecule has 1 saturated heterocycles. The van der Waals surface area contributed by atoms with E-state index in [2.05, 4.69) is 54.9 Å². The number of guanidine groups is 1. The Hall–Kier alpha value is -2.66. The highest BCUT2D eigenvalue weighted by atomic mass is 127. The van der Waals surface area contributed by atoms with Crippen molar-refractivity contribution >= 4 is 29.9 Å². The Morgan fingerprint density at radius 2 is 1.76 bits per heavy atom. The standard InChI is InChI=1S/C25H33N7O.HI/c1-26-25(28-16-20-6-10-22(11-7-20)32-19-27-18-30-32)29-17-24(31-14-4-3-5-15-31)21-8-12-23(33-2)13-9-21;/h6-13,18-19,24H,3-5,14-17H2,1-2H3,(H2,26,28,29);1H. The van der Waals surface area contributed by atoms with Crippen molar-refractivity contribution in [3.05, 3.63) is 72.3 Å². The minimum Gasteiger partial charge on any atom is -0.497 e. The zero-order valence-corrected chi connectivity index (χ0v) is 22.2. The summed E-state index contributed by atoms with van der Waals surface area (Å²) in [5.74, 6) is 1.68. The number of rotatable bonds is 8. The molecule has 1 aliphatic heterocycles. The van der Waals surface area contributed by atoms with E-state index in [4.69, 9.17) is 4.74 Å². The summed E-state index contributed by atoms with van der Waals surface area (Å²) in [6.45, 7) is 3.73. The molecule has 8 nitrogen and oxygen atoms in total. The third-order valence-electron chi connectivity index (χ3n) is 6.10. The van der Waals surface area contributed by atoms with Crippen LogP contribution in [0.5, 0.6) is 5.75 Å². The van der Waals surface area contributed by atoms with Crippen LogP contribution in [0.15, 0.2) is 66.2 Å². The normalized spacial score (nSPS) is 15.3. The molecule has 182 valence electrons. The van der Waals surface area contributed by atoms with E-state index in [1.165, 1.54) is 36.7 Å². The smallest absolute Gasteiger partial charge is 0.191 e. The van der Waals surface area contributed by atoms with Gasteiger partial charge in [0.1, 0.15) is 18.4 Å². The monoisotopic (exact) mass is 575 g/mol. The summed E-state index contributed by atoms with van der Waals surface area (Å²) in [7, 11) is 3.52. The molecule has 1 aliphatic rings. The van der Waals surface area contributed by atoms with Gasteiger partial charge in [0.05, 0.1) is 18.8 Å². The van der Waals surface area contributed by atoms with Crippen molar-refractivity contribution in [3.8, 4) is 11.4 Å². The van der Waals surface area contributed by atoms with Gasteiger partial charge in [0.2, 0.25) is 0 Å². The van der Waals surface area contributed by atoms with E-state index >= 15 is 0 Å². The van der Waals surface area contributed by atoms with Crippen LogP contribution in [0.1, 0.15) is 36.4 Å². The first-order valence-electron chi connectivity index (χ1n) is 11.5. The summed E-state index contributed by atoms with van der Waals surface area (Å²) in [6, 6.07) is 17.0. The molecule has 2 N–H and O–H groups in total. The molecule has 1 unspecified atom stereocenters. The van der Waals surface area contributed by atoms with Crippen LogP contribution in [-0.4, -0.2) is 59.4 Å². The molecule has 34 heavy (non-hydrogen) atoms. The number of aromatic nitrogens is 3. The van der Waals surface area contributed by atoms with Gasteiger partial charge < -0.3 is 15.4 Å². The molecule has 0 bridgehead atoms. The lowest BCUT2D eigenvalue weighted by atomic mass is 10.0. The van der Waals surface area contributed by atoms with E-state index in [1.54, 1.807) is 18.1 Å². The Kier molecular flexibility index (Phi) is 10.1. The van der Waals surface area contributed by atoms with Gasteiger partial charge in [-0.15, -0.1) is 24.0 Å². The topological polar surface area (TPSA) is 79.6 Å². The van der Waals surface area contributed by atoms with Gasteiger partial charge in [-0.2, -0.15) is 5.10 Å². The lowest BCUT2D eigenvalue weighted by Crippen LogP contribution is -2.44. The highest BCUT2D eigenvalue weighted by molar-refractivity contribution is 14.0. The molecule has 0 aliphatic carbocycles. The lowest BCUT2D eigenvalue weighted by Gasteiger charge is -2.35. The number of halogens is 1. The van der Waals surface area contributed by atoms with Gasteiger partial charge >= 0.3 is 0 Å². The maximum absolute atomic E-state index is 5.35. The van der Waals surface area contributed by atoms with Gasteiger partial charge in [0.15, 0.2) is 5.96 Å². The van der Waals surface area contributed by atoms with E-state index in [0.717, 1.165) is 37.0 Å². The number of piperidine rings is 1. The Bertz CT molecular complexity index is 1000. The van der Waals surface area contributed by atoms with Crippen LogP contribution >= 0.6 is 24.0 Å². The van der Waals surface area contributed by atoms with Crippen LogP contribution in [0.4, 0.5) is 0 Å². The maximum Gasteiger partial charge on any atom is 0.191 e. The van der Waals surface area contributed by atoms with Gasteiger partial charge in [-0.05, 0) is 61.3 Å². The number of nitrogens with zero attached hydrogens (tertiary/aromatic N) is 5. The highest BCUT2D eigenvalue weighted by Crippen LogP contribution is 2.25. The molecular formula is C25H34IN7O. The first-order valence-corrected chi connectivity index (χ1v) is 11.5. The molecular weight excluding hydrogens is 541 g/mol. The predicted octanol–water partition coefficient (Wildman–Crippen LogP) is 3.79. The second kappa shape index (κ2) is 13.3. The molecule has 0 saturated carbocycles. The van der Waals surface area contributed by atoms with Crippen LogP contribution < -0.4 is 15.4 Å². The number of aliphatic imine (C=N–C) groups is 1. The van der Waals surface area contributed by atoms with Gasteiger partial charge in [0, 0.05) is 20.1 Å². The van der Waals surface area contributed by atoms with Gasteiger partial charge in [0.25, 0.3) is 0 Å². The molecule has 0 spiro atoms. The summed E-state index contributed by atoms with van der Waals surface area (Å²) in [5, 5.41) is 11.1. The Balaban J connectivity index is 0.00000324. The molecule has 3 aromatic rings. The number of methoxy groups -OCH3 is 1. The molecule has 1 aromatic heterocycles. The van der Waals surface area contributed by atoms with Crippen LogP contribution in [-0.2, 0) is 6.54 Å². The Morgan fingerprint density at radius 1 is 1.03 bits per heavy atom. The van der Waals surface area contributed by atoms with E-state index in [0.29, 0.717) is 6.54 Å². The number of hydrogen-bond donors (Lipinski definition) is 2. The van der Waals surface area contributed by atoms with Crippen molar-refractivity contribution in [1.29, 1.82) is 0 Å². The van der Waals surface area contributed by atoms with E-state index < -0.39 is 0 Å². The average Bonchev–Trinajstić information content (AvgIpc) is 3.42. The lowest BCUT2D eigenvalue weighted by molar-refractivity contribution is 0.164. The third kappa shape index (κ3) is 6.92. The van der Waals surface area contributed by atoms with Crippen molar-refractivity contribution < 1.29 is 4.74 Å². The largest absolute Gasteiger partial charge is 0.497 e. The number of benzene rings is 2. The van der Waals surface area contributed by atoms with Crippen LogP contribution in [0.3, 0.4) is 0 Å². The van der Waals surface area contributed by atoms with E-state index in [9.17, 15) is 0 Å². The van der Waals surface area contributed by atoms with Gasteiger partial charge in [-0.25, -0.2) is 9.67 Å². The van der Waals surface area contributed by atoms with Crippen LogP contribution in [0, 0.1) is 0 Å². The SMILES string of the molecule is CN=C(NCc1ccc(-n2cncn2)cc1)NCC(c1ccc(OC)cc1)N1CCCCC1.I. The van der Waals surface area contributed by atoms with Crippen molar-refractivity contribution in [2.24, 2.45) is 4.99 Å². The zero-order chi connectivity index (χ0) is 22.9. The number of hydrogen-bond acceptors (Lipinski definition) is 5. The van der Waals surface area contributed by atoms with Gasteiger partial charge in [-0.1, -0.05) is 30.7 Å². The molecule has 2 heterocycles. The van der Waals surface area contributed by atoms with Crippen molar-refractivity contribution in [1.82, 2.24) is 30.3 Å². The summed E-state index contributed by atoms with van der Waals surface area (Å²) in [6.07, 6.45) is 7.06. The minimum absolute atomic E-state index is 0. The van der Waals surface area contributed by atoms with Crippen LogP contribution in [0.2, 0.25) is 0 Å². The second-order valence-corrected chi connectivity index (χ2v) is 8.20. The number of likely N-dealkylation sites (tertiary alicyclic amines) is 1. The average molecular weight is 575 g/mol. The minimum atomic E-state index is 0. The fourth-order valence-electron chi connectivity index (χ4n) is 4.22. The first-order chi connectivity index (χ1) is 16.3. The van der Waals surface area contributed by atoms with Gasteiger partial charge in [-0.3, -0.25) is 9.89 Å². The zero-order valence-electron chi connectivity index (χ0n) is 19.9. The fraction of sp³-hybridized carbons (Fsp3) is 0.400. The second-order valence-electron chi connectivity index (χ2n) is 8.20. The first kappa shape index (κ1) is 26.0. The molecule has 9 heteroatoms. The number of nitrogens with one attached hydrogen (secondary N) is 2. The Morgan fingerprint density at radius 3 is 2.38 bits per heavy atom. The highest BCUT2D eigenvalue weighted by Gasteiger charge is 2.22. The quantitative estimate of drug-likeness (QED) is 0.242. The summed E-state index contributed by atoms with van der Waals surface area (Å²) in [4.78, 5) is 11.0. The van der Waals surface area contributed by atoms with Crippen molar-refractivity contribution in [3.63, 3.8) is 0 Å². The summed E-state index contributed by atoms with van der Waals surface area (Å²) in [5.41, 5.74) is 3.46. The van der Waals surface area contributed by atoms with E-state index in [-0.39, 0.29) is 30.0 Å². The number of ether oxygens (including phenoxy) is 1. The fourth-order valence-corrected chi connectivity index (χ4v) is 4.22. The molecule has 1 fully saturated rings. The molecule has 4 rings (SSSR count). The third-order valence-corrected chi connectivity index (χ3v) is 6.10. The van der Waals surface area contributed by atoms with E-state index in [1.807, 2.05) is 31.3 Å². The van der Waals surface area contributed by atoms with Crippen LogP contribution in [0.25, 0.3) is 5.69 Å². The van der Waals surface area contributed by atoms with Crippen molar-refractivity contribution in [2.75, 3.05) is 33.8 Å².